The summed E-state index contributed by atoms with van der Waals surface area (Å²) in [5.74, 6) is -0.134. The molecule has 3 aliphatic rings. The molecule has 0 aliphatic carbocycles. The Hall–Kier alpha value is -3.16. The summed E-state index contributed by atoms with van der Waals surface area (Å²) in [5, 5.41) is 1.95. The number of carbonyl (C=O) groups is 1. The third-order valence-electron chi connectivity index (χ3n) is 7.81. The Labute approximate surface area is 229 Å². The first-order valence-electron chi connectivity index (χ1n) is 13.8. The number of pyridine rings is 1. The van der Waals surface area contributed by atoms with Crippen molar-refractivity contribution in [2.45, 2.75) is 33.1 Å². The molecular weight excluding hydrogens is 490 g/mol. The fraction of sp³-hybridized carbons (Fsp3) is 0.387. The number of benzene rings is 2. The summed E-state index contributed by atoms with van der Waals surface area (Å²) in [6.45, 7) is 12.1. The number of hydrogen-bond donors (Lipinski definition) is 0. The summed E-state index contributed by atoms with van der Waals surface area (Å²) in [7, 11) is 0. The summed E-state index contributed by atoms with van der Waals surface area (Å²) in [6, 6.07) is 15.2. The van der Waals surface area contributed by atoms with Gasteiger partial charge in [0.2, 0.25) is 0 Å². The molecule has 196 valence electrons. The molecule has 3 aromatic rings. The van der Waals surface area contributed by atoms with E-state index < -0.39 is 0 Å². The lowest BCUT2D eigenvalue weighted by atomic mass is 9.97. The number of carbonyl (C=O) groups excluding carboxylic acids is 1. The van der Waals surface area contributed by atoms with Crippen LogP contribution in [0.2, 0.25) is 0 Å². The lowest BCUT2D eigenvalue weighted by Gasteiger charge is -2.36. The second-order valence-electron chi connectivity index (χ2n) is 10.5. The minimum Gasteiger partial charge on any atom is -0.369 e. The van der Waals surface area contributed by atoms with E-state index in [-0.39, 0.29) is 5.91 Å². The number of thioether (sulfide) groups is 1. The highest BCUT2D eigenvalue weighted by atomic mass is 32.2. The van der Waals surface area contributed by atoms with Crippen molar-refractivity contribution in [2.24, 2.45) is 4.99 Å². The third kappa shape index (κ3) is 5.09. The van der Waals surface area contributed by atoms with Crippen LogP contribution in [0.5, 0.6) is 0 Å². The van der Waals surface area contributed by atoms with E-state index in [1.807, 2.05) is 18.3 Å². The number of aromatic nitrogens is 1. The van der Waals surface area contributed by atoms with Crippen molar-refractivity contribution in [3.05, 3.63) is 64.7 Å². The summed E-state index contributed by atoms with van der Waals surface area (Å²) in [5.41, 5.74) is 6.95. The van der Waals surface area contributed by atoms with E-state index in [9.17, 15) is 4.79 Å². The van der Waals surface area contributed by atoms with E-state index in [1.54, 1.807) is 0 Å². The third-order valence-corrected chi connectivity index (χ3v) is 8.85. The number of nitrogens with zero attached hydrogens (tertiary/aromatic N) is 5. The predicted octanol–water partition coefficient (Wildman–Crippen LogP) is 5.81. The fourth-order valence-electron chi connectivity index (χ4n) is 5.80. The zero-order chi connectivity index (χ0) is 26.1. The number of likely N-dealkylation sites (tertiary alicyclic amines) is 1. The molecule has 0 radical (unpaired) electrons. The highest BCUT2D eigenvalue weighted by Crippen LogP contribution is 2.35. The van der Waals surface area contributed by atoms with Crippen molar-refractivity contribution in [3.63, 3.8) is 0 Å². The van der Waals surface area contributed by atoms with Crippen LogP contribution in [0.3, 0.4) is 0 Å². The second kappa shape index (κ2) is 10.9. The number of fused-ring (bicyclic) bond motifs is 1. The van der Waals surface area contributed by atoms with E-state index in [2.05, 4.69) is 74.9 Å². The zero-order valence-corrected chi connectivity index (χ0v) is 23.1. The van der Waals surface area contributed by atoms with E-state index in [0.717, 1.165) is 66.5 Å². The topological polar surface area (TPSA) is 52.0 Å². The molecule has 3 aliphatic heterocycles. The largest absolute Gasteiger partial charge is 0.369 e. The summed E-state index contributed by atoms with van der Waals surface area (Å²) < 4.78 is 0. The van der Waals surface area contributed by atoms with Gasteiger partial charge in [0.25, 0.3) is 5.91 Å². The molecule has 0 bridgehead atoms. The van der Waals surface area contributed by atoms with Crippen molar-refractivity contribution in [3.8, 4) is 11.1 Å². The number of piperazine rings is 1. The maximum absolute atomic E-state index is 12.6. The number of amides is 1. The van der Waals surface area contributed by atoms with Gasteiger partial charge >= 0.3 is 0 Å². The Morgan fingerprint density at radius 2 is 1.76 bits per heavy atom. The van der Waals surface area contributed by atoms with Crippen LogP contribution in [-0.4, -0.2) is 71.7 Å². The molecule has 4 heterocycles. The van der Waals surface area contributed by atoms with E-state index in [1.165, 1.54) is 54.4 Å². The van der Waals surface area contributed by atoms with Crippen LogP contribution in [0.15, 0.2) is 58.6 Å². The molecule has 1 amide bonds. The van der Waals surface area contributed by atoms with E-state index in [0.29, 0.717) is 4.91 Å². The molecular formula is C31H35N5OS. The van der Waals surface area contributed by atoms with Crippen LogP contribution in [0.25, 0.3) is 28.1 Å². The quantitative estimate of drug-likeness (QED) is 0.392. The Morgan fingerprint density at radius 3 is 2.53 bits per heavy atom. The molecule has 7 heteroatoms. The van der Waals surface area contributed by atoms with Crippen LogP contribution < -0.4 is 4.90 Å². The van der Waals surface area contributed by atoms with Gasteiger partial charge in [-0.25, -0.2) is 0 Å². The molecule has 0 atom stereocenters. The molecule has 0 saturated carbocycles. The van der Waals surface area contributed by atoms with Crippen molar-refractivity contribution in [1.29, 1.82) is 0 Å². The van der Waals surface area contributed by atoms with Gasteiger partial charge in [-0.3, -0.25) is 14.7 Å². The minimum absolute atomic E-state index is 0.134. The van der Waals surface area contributed by atoms with Crippen molar-refractivity contribution < 1.29 is 4.79 Å². The van der Waals surface area contributed by atoms with Crippen LogP contribution in [0.1, 0.15) is 37.3 Å². The average molecular weight is 526 g/mol. The summed E-state index contributed by atoms with van der Waals surface area (Å²) in [4.78, 5) is 29.6. The Balaban J connectivity index is 1.26. The molecule has 0 spiro atoms. The first-order valence-corrected chi connectivity index (χ1v) is 14.7. The van der Waals surface area contributed by atoms with Crippen molar-refractivity contribution >= 4 is 45.5 Å². The number of rotatable bonds is 5. The number of hydrogen-bond acceptors (Lipinski definition) is 6. The zero-order valence-electron chi connectivity index (χ0n) is 22.3. The molecule has 2 fully saturated rings. The highest BCUT2D eigenvalue weighted by molar-refractivity contribution is 8.18. The standard InChI is InChI=1S/C31H35N5OS/c1-3-12-34-15-17-35(18-16-34)28-9-7-24(19-22(28)2)25-10-11-32-27-8-6-23(20-26(25)27)21-29-30(37)33-31(38-29)36-13-4-5-14-36/h6-11,19-21H,3-5,12-18H2,1-2H3. The van der Waals surface area contributed by atoms with Gasteiger partial charge in [-0.15, -0.1) is 0 Å². The van der Waals surface area contributed by atoms with Gasteiger partial charge in [0, 0.05) is 56.5 Å². The molecule has 6 rings (SSSR count). The fourth-order valence-corrected chi connectivity index (χ4v) is 6.77. The average Bonchev–Trinajstić information content (AvgIpc) is 3.59. The summed E-state index contributed by atoms with van der Waals surface area (Å²) >= 11 is 1.50. The Morgan fingerprint density at radius 1 is 0.947 bits per heavy atom. The Kier molecular flexibility index (Phi) is 7.22. The number of aliphatic imine (C=N–C) groups is 1. The van der Waals surface area contributed by atoms with Crippen LogP contribution >= 0.6 is 11.8 Å². The van der Waals surface area contributed by atoms with Gasteiger partial charge in [-0.2, -0.15) is 4.99 Å². The number of amidine groups is 1. The first kappa shape index (κ1) is 25.1. The maximum atomic E-state index is 12.6. The van der Waals surface area contributed by atoms with Gasteiger partial charge in [-0.1, -0.05) is 19.1 Å². The Bertz CT molecular complexity index is 1420. The lowest BCUT2D eigenvalue weighted by Crippen LogP contribution is -2.46. The van der Waals surface area contributed by atoms with Crippen LogP contribution in [0.4, 0.5) is 5.69 Å². The number of anilines is 1. The monoisotopic (exact) mass is 525 g/mol. The first-order chi connectivity index (χ1) is 18.6. The maximum Gasteiger partial charge on any atom is 0.286 e. The second-order valence-corrected chi connectivity index (χ2v) is 11.5. The minimum atomic E-state index is -0.134. The molecule has 2 aromatic carbocycles. The van der Waals surface area contributed by atoms with Gasteiger partial charge in [-0.05, 0) is 103 Å². The van der Waals surface area contributed by atoms with Gasteiger partial charge in [0.05, 0.1) is 10.4 Å². The molecule has 6 nitrogen and oxygen atoms in total. The predicted molar refractivity (Wildman–Crippen MR) is 160 cm³/mol. The van der Waals surface area contributed by atoms with Crippen molar-refractivity contribution in [2.75, 3.05) is 50.7 Å². The SMILES string of the molecule is CCCN1CCN(c2ccc(-c3ccnc4ccc(C=C5SC(N6CCCC6)=NC5=O)cc34)cc2C)CC1. The van der Waals surface area contributed by atoms with Gasteiger partial charge in [0.15, 0.2) is 5.17 Å². The van der Waals surface area contributed by atoms with Crippen LogP contribution in [0, 0.1) is 6.92 Å². The molecule has 1 aromatic heterocycles. The highest BCUT2D eigenvalue weighted by Gasteiger charge is 2.27. The smallest absolute Gasteiger partial charge is 0.286 e. The lowest BCUT2D eigenvalue weighted by molar-refractivity contribution is -0.113. The number of aryl methyl sites for hydroxylation is 1. The van der Waals surface area contributed by atoms with Gasteiger partial charge < -0.3 is 9.80 Å². The molecule has 38 heavy (non-hydrogen) atoms. The van der Waals surface area contributed by atoms with E-state index in [4.69, 9.17) is 0 Å². The van der Waals surface area contributed by atoms with Crippen LogP contribution in [-0.2, 0) is 4.79 Å². The molecule has 2 saturated heterocycles. The van der Waals surface area contributed by atoms with Gasteiger partial charge in [0.1, 0.15) is 0 Å². The van der Waals surface area contributed by atoms with Crippen molar-refractivity contribution in [1.82, 2.24) is 14.8 Å². The normalized spacial score (nSPS) is 19.7. The molecule has 0 unspecified atom stereocenters. The molecule has 0 N–H and O–H groups in total. The summed E-state index contributed by atoms with van der Waals surface area (Å²) in [6.07, 6.45) is 7.42. The van der Waals surface area contributed by atoms with E-state index >= 15 is 0 Å².